The Kier molecular flexibility index (Phi) is 4.84. The van der Waals surface area contributed by atoms with E-state index in [9.17, 15) is 10.2 Å². The zero-order valence-electron chi connectivity index (χ0n) is 7.81. The molecule has 0 bridgehead atoms. The maximum Gasteiger partial charge on any atom is 0.107 e. The molecule has 2 atom stereocenters. The Hall–Kier alpha value is -0.130. The van der Waals surface area contributed by atoms with Crippen LogP contribution in [0.1, 0.15) is 16.5 Å². The van der Waals surface area contributed by atoms with Crippen molar-refractivity contribution in [3.8, 4) is 0 Å². The van der Waals surface area contributed by atoms with E-state index in [1.165, 1.54) is 11.3 Å². The van der Waals surface area contributed by atoms with Crippen LogP contribution in [-0.2, 0) is 11.3 Å². The normalized spacial score (nSPS) is 15.4. The third kappa shape index (κ3) is 2.93. The van der Waals surface area contributed by atoms with Crippen molar-refractivity contribution in [3.05, 3.63) is 21.9 Å². The van der Waals surface area contributed by atoms with E-state index in [-0.39, 0.29) is 5.88 Å². The molecule has 2 N–H and O–H groups in total. The topological polar surface area (TPSA) is 49.7 Å². The fourth-order valence-corrected chi connectivity index (χ4v) is 2.13. The van der Waals surface area contributed by atoms with E-state index in [0.29, 0.717) is 12.2 Å². The third-order valence-electron chi connectivity index (χ3n) is 1.82. The van der Waals surface area contributed by atoms with Crippen molar-refractivity contribution in [2.24, 2.45) is 0 Å². The quantitative estimate of drug-likeness (QED) is 0.763. The Morgan fingerprint density at radius 3 is 2.86 bits per heavy atom. The Labute approximate surface area is 91.9 Å². The molecule has 1 aromatic rings. The lowest BCUT2D eigenvalue weighted by atomic mass is 10.1. The van der Waals surface area contributed by atoms with E-state index in [1.54, 1.807) is 12.5 Å². The van der Waals surface area contributed by atoms with Crippen LogP contribution in [0.15, 0.2) is 11.4 Å². The molecule has 0 aliphatic carbocycles. The van der Waals surface area contributed by atoms with Gasteiger partial charge in [0.2, 0.25) is 0 Å². The van der Waals surface area contributed by atoms with Crippen LogP contribution in [0.3, 0.4) is 0 Å². The first-order chi connectivity index (χ1) is 6.69. The van der Waals surface area contributed by atoms with Crippen molar-refractivity contribution in [2.75, 3.05) is 13.0 Å². The largest absolute Gasteiger partial charge is 0.389 e. The lowest BCUT2D eigenvalue weighted by molar-refractivity contribution is 0.0329. The van der Waals surface area contributed by atoms with Crippen LogP contribution in [0.5, 0.6) is 0 Å². The molecule has 5 heteroatoms. The highest BCUT2D eigenvalue weighted by Crippen LogP contribution is 2.24. The predicted molar refractivity (Wildman–Crippen MR) is 56.7 cm³/mol. The summed E-state index contributed by atoms with van der Waals surface area (Å²) < 4.78 is 4.95. The van der Waals surface area contributed by atoms with Crippen LogP contribution in [0.25, 0.3) is 0 Å². The van der Waals surface area contributed by atoms with Crippen molar-refractivity contribution in [1.82, 2.24) is 0 Å². The summed E-state index contributed by atoms with van der Waals surface area (Å²) in [7, 11) is 1.61. The second-order valence-corrected chi connectivity index (χ2v) is 4.25. The molecule has 1 heterocycles. The summed E-state index contributed by atoms with van der Waals surface area (Å²) in [6, 6.07) is 1.81. The summed E-state index contributed by atoms with van der Waals surface area (Å²) in [6.45, 7) is 0.522. The Bertz CT molecular complexity index is 277. The van der Waals surface area contributed by atoms with Crippen LogP contribution in [0.4, 0.5) is 0 Å². The second kappa shape index (κ2) is 5.68. The van der Waals surface area contributed by atoms with Crippen LogP contribution in [0.2, 0.25) is 0 Å². The SMILES string of the molecule is COCc1cc(C(O)C(O)CCl)cs1. The van der Waals surface area contributed by atoms with Gasteiger partial charge in [0.15, 0.2) is 0 Å². The number of aliphatic hydroxyl groups is 2. The summed E-state index contributed by atoms with van der Waals surface area (Å²) in [4.78, 5) is 1.02. The van der Waals surface area contributed by atoms with E-state index >= 15 is 0 Å². The zero-order valence-corrected chi connectivity index (χ0v) is 9.38. The average molecular weight is 237 g/mol. The molecule has 0 saturated heterocycles. The number of hydrogen-bond acceptors (Lipinski definition) is 4. The third-order valence-corrected chi connectivity index (χ3v) is 3.07. The Morgan fingerprint density at radius 2 is 2.29 bits per heavy atom. The molecule has 1 rings (SSSR count). The molecule has 0 amide bonds. The monoisotopic (exact) mass is 236 g/mol. The maximum absolute atomic E-state index is 9.60. The number of hydrogen-bond donors (Lipinski definition) is 2. The number of ether oxygens (including phenoxy) is 1. The van der Waals surface area contributed by atoms with Crippen molar-refractivity contribution in [1.29, 1.82) is 0 Å². The summed E-state index contributed by atoms with van der Waals surface area (Å²) in [5.41, 5.74) is 0.690. The van der Waals surface area contributed by atoms with Gasteiger partial charge < -0.3 is 14.9 Å². The van der Waals surface area contributed by atoms with Gasteiger partial charge in [-0.15, -0.1) is 22.9 Å². The highest BCUT2D eigenvalue weighted by molar-refractivity contribution is 7.10. The smallest absolute Gasteiger partial charge is 0.107 e. The van der Waals surface area contributed by atoms with Gasteiger partial charge in [0.1, 0.15) is 6.10 Å². The van der Waals surface area contributed by atoms with E-state index < -0.39 is 12.2 Å². The van der Waals surface area contributed by atoms with Crippen molar-refractivity contribution >= 4 is 22.9 Å². The van der Waals surface area contributed by atoms with Crippen molar-refractivity contribution in [2.45, 2.75) is 18.8 Å². The first-order valence-electron chi connectivity index (χ1n) is 4.17. The Morgan fingerprint density at radius 1 is 1.57 bits per heavy atom. The van der Waals surface area contributed by atoms with Gasteiger partial charge in [0.25, 0.3) is 0 Å². The lowest BCUT2D eigenvalue weighted by Gasteiger charge is -2.13. The number of alkyl halides is 1. The first-order valence-corrected chi connectivity index (χ1v) is 5.58. The molecule has 3 nitrogen and oxygen atoms in total. The maximum atomic E-state index is 9.60. The summed E-state index contributed by atoms with van der Waals surface area (Å²) in [5, 5.41) is 20.7. The second-order valence-electron chi connectivity index (χ2n) is 2.95. The number of methoxy groups -OCH3 is 1. The average Bonchev–Trinajstić information content (AvgIpc) is 2.64. The van der Waals surface area contributed by atoms with Gasteiger partial charge in [-0.05, 0) is 17.0 Å². The van der Waals surface area contributed by atoms with Gasteiger partial charge in [0, 0.05) is 12.0 Å². The van der Waals surface area contributed by atoms with Crippen molar-refractivity contribution in [3.63, 3.8) is 0 Å². The number of thiophene rings is 1. The molecule has 0 aliphatic heterocycles. The van der Waals surface area contributed by atoms with Gasteiger partial charge >= 0.3 is 0 Å². The molecule has 0 spiro atoms. The number of rotatable bonds is 5. The molecular weight excluding hydrogens is 224 g/mol. The van der Waals surface area contributed by atoms with E-state index in [2.05, 4.69) is 0 Å². The van der Waals surface area contributed by atoms with Gasteiger partial charge in [0.05, 0.1) is 18.6 Å². The van der Waals surface area contributed by atoms with E-state index in [1.807, 2.05) is 6.07 Å². The molecule has 0 aliphatic rings. The molecule has 1 aromatic heterocycles. The fraction of sp³-hybridized carbons (Fsp3) is 0.556. The highest BCUT2D eigenvalue weighted by Gasteiger charge is 2.18. The molecule has 0 radical (unpaired) electrons. The summed E-state index contributed by atoms with van der Waals surface area (Å²) >= 11 is 6.92. The molecule has 0 aromatic carbocycles. The lowest BCUT2D eigenvalue weighted by Crippen LogP contribution is -2.19. The highest BCUT2D eigenvalue weighted by atomic mass is 35.5. The minimum absolute atomic E-state index is 0.0244. The standard InChI is InChI=1S/C9H13ClO3S/c1-13-4-7-2-6(5-14-7)9(12)8(11)3-10/h2,5,8-9,11-12H,3-4H2,1H3. The fourth-order valence-electron chi connectivity index (χ4n) is 1.08. The van der Waals surface area contributed by atoms with E-state index in [4.69, 9.17) is 16.3 Å². The van der Waals surface area contributed by atoms with Crippen LogP contribution in [-0.4, -0.2) is 29.3 Å². The zero-order chi connectivity index (χ0) is 10.6. The minimum atomic E-state index is -0.915. The van der Waals surface area contributed by atoms with Gasteiger partial charge in [-0.2, -0.15) is 0 Å². The molecule has 0 fully saturated rings. The predicted octanol–water partition coefficient (Wildman–Crippen LogP) is 1.53. The summed E-state index contributed by atoms with van der Waals surface area (Å²) in [5.74, 6) is 0.0244. The Balaban J connectivity index is 2.65. The number of halogens is 1. The molecule has 14 heavy (non-hydrogen) atoms. The summed E-state index contributed by atoms with van der Waals surface area (Å²) in [6.07, 6.45) is -1.82. The molecule has 2 unspecified atom stereocenters. The molecule has 80 valence electrons. The van der Waals surface area contributed by atoms with Crippen LogP contribution < -0.4 is 0 Å². The van der Waals surface area contributed by atoms with Gasteiger partial charge in [-0.1, -0.05) is 0 Å². The minimum Gasteiger partial charge on any atom is -0.389 e. The first kappa shape index (κ1) is 11.9. The van der Waals surface area contributed by atoms with Crippen LogP contribution in [0, 0.1) is 0 Å². The van der Waals surface area contributed by atoms with E-state index in [0.717, 1.165) is 4.88 Å². The number of aliphatic hydroxyl groups excluding tert-OH is 2. The molecular formula is C9H13ClO3S. The molecule has 0 saturated carbocycles. The van der Waals surface area contributed by atoms with Crippen LogP contribution >= 0.6 is 22.9 Å². The van der Waals surface area contributed by atoms with Crippen molar-refractivity contribution < 1.29 is 14.9 Å². The van der Waals surface area contributed by atoms with Gasteiger partial charge in [-0.3, -0.25) is 0 Å². The van der Waals surface area contributed by atoms with Gasteiger partial charge in [-0.25, -0.2) is 0 Å².